The Balaban J connectivity index is 1.88. The summed E-state index contributed by atoms with van der Waals surface area (Å²) in [5.41, 5.74) is 0.660. The Morgan fingerprint density at radius 1 is 1.28 bits per heavy atom. The number of hydrogen-bond acceptors (Lipinski definition) is 4. The number of nitrogens with zero attached hydrogens (tertiary/aromatic N) is 2. The number of ether oxygens (including phenoxy) is 1. The molecule has 2 amide bonds. The van der Waals surface area contributed by atoms with Gasteiger partial charge in [0.1, 0.15) is 0 Å². The number of para-hydroxylation sites is 1. The first-order valence-corrected chi connectivity index (χ1v) is 10.6. The molecule has 1 aromatic carbocycles. The molecule has 154 valence electrons. The molecular weight excluding hydrogens is 368 g/mol. The lowest BCUT2D eigenvalue weighted by Crippen LogP contribution is -2.66. The second-order valence-electron chi connectivity index (χ2n) is 9.27. The number of likely N-dealkylation sites (tertiary alicyclic amines) is 1. The van der Waals surface area contributed by atoms with Crippen LogP contribution in [0, 0.1) is 17.3 Å². The summed E-state index contributed by atoms with van der Waals surface area (Å²) >= 11 is 0. The molecule has 6 atom stereocenters. The van der Waals surface area contributed by atoms with Crippen molar-refractivity contribution in [3.8, 4) is 0 Å². The maximum Gasteiger partial charge on any atom is 0.311 e. The van der Waals surface area contributed by atoms with Crippen LogP contribution in [-0.4, -0.2) is 48.9 Å². The molecule has 2 heterocycles. The average Bonchev–Trinajstić information content (AvgIpc) is 3.38. The van der Waals surface area contributed by atoms with Gasteiger partial charge in [-0.2, -0.15) is 0 Å². The predicted octanol–water partition coefficient (Wildman–Crippen LogP) is 2.50. The van der Waals surface area contributed by atoms with E-state index in [2.05, 4.69) is 19.9 Å². The summed E-state index contributed by atoms with van der Waals surface area (Å²) in [6.07, 6.45) is 5.21. The van der Waals surface area contributed by atoms with Crippen LogP contribution >= 0.6 is 0 Å². The number of carbonyl (C=O) groups excluding carboxylic acids is 3. The number of carbonyl (C=O) groups is 3. The van der Waals surface area contributed by atoms with E-state index in [1.807, 2.05) is 28.0 Å². The number of amides is 2. The molecule has 1 saturated heterocycles. The molecule has 6 heteroatoms. The Kier molecular flexibility index (Phi) is 3.75. The Bertz CT molecular complexity index is 903. The van der Waals surface area contributed by atoms with Crippen LogP contribution in [-0.2, 0) is 24.5 Å². The number of anilines is 1. The van der Waals surface area contributed by atoms with E-state index in [4.69, 9.17) is 4.74 Å². The minimum atomic E-state index is -0.691. The van der Waals surface area contributed by atoms with Gasteiger partial charge in [-0.05, 0) is 42.2 Å². The molecule has 3 fully saturated rings. The van der Waals surface area contributed by atoms with Gasteiger partial charge < -0.3 is 14.5 Å². The van der Waals surface area contributed by atoms with Gasteiger partial charge in [0.2, 0.25) is 12.8 Å². The van der Waals surface area contributed by atoms with Crippen molar-refractivity contribution < 1.29 is 19.1 Å². The molecule has 0 aromatic heterocycles. The normalized spacial score (nSPS) is 41.1. The molecule has 2 bridgehead atoms. The van der Waals surface area contributed by atoms with E-state index in [1.165, 1.54) is 7.11 Å². The summed E-state index contributed by atoms with van der Waals surface area (Å²) in [7, 11) is 1.44. The van der Waals surface area contributed by atoms with Gasteiger partial charge in [-0.25, -0.2) is 0 Å². The van der Waals surface area contributed by atoms with Gasteiger partial charge in [0.05, 0.1) is 18.6 Å². The topological polar surface area (TPSA) is 66.9 Å². The highest BCUT2D eigenvalue weighted by Gasteiger charge is 2.87. The molecule has 29 heavy (non-hydrogen) atoms. The predicted molar refractivity (Wildman–Crippen MR) is 107 cm³/mol. The SMILES string of the molecule is CCCC12CC(C(=O)OC)C3(C1C)N(C=O)c1ccccc1C31CCN(C=O)C21. The molecule has 2 aliphatic carbocycles. The molecule has 6 nitrogen and oxygen atoms in total. The summed E-state index contributed by atoms with van der Waals surface area (Å²) in [6, 6.07) is 8.02. The van der Waals surface area contributed by atoms with Crippen LogP contribution in [0.4, 0.5) is 5.69 Å². The van der Waals surface area contributed by atoms with Crippen molar-refractivity contribution in [2.45, 2.75) is 56.5 Å². The Morgan fingerprint density at radius 3 is 2.69 bits per heavy atom. The van der Waals surface area contributed by atoms with Gasteiger partial charge in [-0.1, -0.05) is 38.5 Å². The fraction of sp³-hybridized carbons (Fsp3) is 0.609. The lowest BCUT2D eigenvalue weighted by atomic mass is 9.57. The summed E-state index contributed by atoms with van der Waals surface area (Å²) in [5, 5.41) is 0. The van der Waals surface area contributed by atoms with Crippen LogP contribution in [0.25, 0.3) is 0 Å². The zero-order chi connectivity index (χ0) is 20.6. The number of esters is 1. The smallest absolute Gasteiger partial charge is 0.311 e. The van der Waals surface area contributed by atoms with Crippen molar-refractivity contribution in [2.24, 2.45) is 17.3 Å². The maximum atomic E-state index is 13.1. The third-order valence-corrected chi connectivity index (χ3v) is 8.94. The lowest BCUT2D eigenvalue weighted by molar-refractivity contribution is -0.150. The first-order chi connectivity index (χ1) is 14.0. The van der Waals surface area contributed by atoms with E-state index in [9.17, 15) is 14.4 Å². The lowest BCUT2D eigenvalue weighted by Gasteiger charge is -2.51. The van der Waals surface area contributed by atoms with Gasteiger partial charge >= 0.3 is 5.97 Å². The second kappa shape index (κ2) is 5.83. The van der Waals surface area contributed by atoms with Crippen LogP contribution in [0.3, 0.4) is 0 Å². The highest BCUT2D eigenvalue weighted by Crippen LogP contribution is 2.80. The van der Waals surface area contributed by atoms with Crippen molar-refractivity contribution in [2.75, 3.05) is 18.6 Å². The van der Waals surface area contributed by atoms with Gasteiger partial charge in [0.25, 0.3) is 0 Å². The highest BCUT2D eigenvalue weighted by molar-refractivity contribution is 5.92. The maximum absolute atomic E-state index is 13.1. The summed E-state index contributed by atoms with van der Waals surface area (Å²) in [4.78, 5) is 41.7. The van der Waals surface area contributed by atoms with Gasteiger partial charge in [-0.15, -0.1) is 0 Å². The van der Waals surface area contributed by atoms with Crippen LogP contribution in [0.5, 0.6) is 0 Å². The molecule has 0 radical (unpaired) electrons. The zero-order valence-electron chi connectivity index (χ0n) is 17.3. The number of methoxy groups -OCH3 is 1. The fourth-order valence-corrected chi connectivity index (χ4v) is 8.53. The van der Waals surface area contributed by atoms with Gasteiger partial charge in [-0.3, -0.25) is 14.4 Å². The molecule has 1 aromatic rings. The molecule has 2 spiro atoms. The third kappa shape index (κ3) is 1.67. The van der Waals surface area contributed by atoms with E-state index in [-0.39, 0.29) is 23.3 Å². The van der Waals surface area contributed by atoms with Crippen molar-refractivity contribution in [1.82, 2.24) is 4.90 Å². The van der Waals surface area contributed by atoms with Gasteiger partial charge in [0, 0.05) is 23.7 Å². The van der Waals surface area contributed by atoms with Crippen molar-refractivity contribution in [3.63, 3.8) is 0 Å². The average molecular weight is 396 g/mol. The van der Waals surface area contributed by atoms with E-state index >= 15 is 0 Å². The molecule has 6 unspecified atom stereocenters. The largest absolute Gasteiger partial charge is 0.469 e. The number of rotatable bonds is 5. The molecular formula is C23H28N2O4. The molecule has 0 N–H and O–H groups in total. The van der Waals surface area contributed by atoms with Crippen LogP contribution in [0.1, 0.15) is 45.1 Å². The van der Waals surface area contributed by atoms with Crippen LogP contribution < -0.4 is 4.90 Å². The Morgan fingerprint density at radius 2 is 2.03 bits per heavy atom. The third-order valence-electron chi connectivity index (χ3n) is 8.94. The fourth-order valence-electron chi connectivity index (χ4n) is 8.53. The van der Waals surface area contributed by atoms with E-state index in [0.29, 0.717) is 13.0 Å². The summed E-state index contributed by atoms with van der Waals surface area (Å²) in [5.74, 6) is -0.559. The standard InChI is InChI=1S/C23H28N2O4/c1-4-9-21-12-17(19(28)29-3)23(15(21)2)22(10-11-24(13-26)20(21)22)16-7-5-6-8-18(16)25(23)14-27/h5-8,13-15,17,20H,4,9-12H2,1-3H3. The zero-order valence-corrected chi connectivity index (χ0v) is 17.3. The first kappa shape index (κ1) is 18.6. The first-order valence-electron chi connectivity index (χ1n) is 10.6. The molecule has 4 aliphatic rings. The van der Waals surface area contributed by atoms with E-state index in [1.54, 1.807) is 0 Å². The Hall–Kier alpha value is -2.37. The highest BCUT2D eigenvalue weighted by atomic mass is 16.5. The molecule has 5 rings (SSSR count). The van der Waals surface area contributed by atoms with Gasteiger partial charge in [0.15, 0.2) is 0 Å². The second-order valence-corrected chi connectivity index (χ2v) is 9.27. The van der Waals surface area contributed by atoms with E-state index in [0.717, 1.165) is 43.3 Å². The van der Waals surface area contributed by atoms with E-state index < -0.39 is 16.9 Å². The number of fused-ring (bicyclic) bond motifs is 3. The number of benzene rings is 1. The minimum absolute atomic E-state index is 0.00513. The molecule has 2 saturated carbocycles. The van der Waals surface area contributed by atoms with Crippen molar-refractivity contribution >= 4 is 24.5 Å². The van der Waals surface area contributed by atoms with Crippen LogP contribution in [0.2, 0.25) is 0 Å². The quantitative estimate of drug-likeness (QED) is 0.567. The summed E-state index contributed by atoms with van der Waals surface area (Å²) < 4.78 is 5.29. The molecule has 2 aliphatic heterocycles. The van der Waals surface area contributed by atoms with Crippen LogP contribution in [0.15, 0.2) is 24.3 Å². The number of hydrogen-bond donors (Lipinski definition) is 0. The summed E-state index contributed by atoms with van der Waals surface area (Å²) in [6.45, 7) is 5.01. The van der Waals surface area contributed by atoms with Crippen molar-refractivity contribution in [3.05, 3.63) is 29.8 Å². The van der Waals surface area contributed by atoms with Crippen molar-refractivity contribution in [1.29, 1.82) is 0 Å². The Labute approximate surface area is 171 Å². The minimum Gasteiger partial charge on any atom is -0.469 e. The monoisotopic (exact) mass is 396 g/mol.